The van der Waals surface area contributed by atoms with Crippen LogP contribution in [0.25, 0.3) is 0 Å². The zero-order valence-corrected chi connectivity index (χ0v) is 10.4. The lowest BCUT2D eigenvalue weighted by atomic mass is 10.0. The Morgan fingerprint density at radius 3 is 3.00 bits per heavy atom. The van der Waals surface area contributed by atoms with Crippen LogP contribution in [0.3, 0.4) is 0 Å². The molecule has 92 valence electrons. The first-order valence-corrected chi connectivity index (χ1v) is 6.81. The molecule has 2 aliphatic rings. The van der Waals surface area contributed by atoms with E-state index in [1.807, 2.05) is 0 Å². The average Bonchev–Trinajstić information content (AvgIpc) is 2.96. The summed E-state index contributed by atoms with van der Waals surface area (Å²) in [4.78, 5) is 14.2. The van der Waals surface area contributed by atoms with Gasteiger partial charge < -0.3 is 10.2 Å². The normalized spacial score (nSPS) is 29.9. The molecule has 0 saturated carbocycles. The van der Waals surface area contributed by atoms with Crippen LogP contribution in [0.4, 0.5) is 0 Å². The second-order valence-corrected chi connectivity index (χ2v) is 5.19. The van der Waals surface area contributed by atoms with Crippen molar-refractivity contribution in [2.75, 3.05) is 19.6 Å². The minimum atomic E-state index is 0.399. The van der Waals surface area contributed by atoms with E-state index < -0.39 is 0 Å². The first kappa shape index (κ1) is 11.9. The van der Waals surface area contributed by atoms with E-state index in [4.69, 9.17) is 0 Å². The Bertz CT molecular complexity index is 236. The minimum absolute atomic E-state index is 0.399. The van der Waals surface area contributed by atoms with Crippen LogP contribution in [0.5, 0.6) is 0 Å². The van der Waals surface area contributed by atoms with Crippen molar-refractivity contribution in [3.05, 3.63) is 0 Å². The summed E-state index contributed by atoms with van der Waals surface area (Å²) in [7, 11) is 0. The number of amides is 1. The van der Waals surface area contributed by atoms with Gasteiger partial charge in [0.2, 0.25) is 5.91 Å². The molecule has 0 aliphatic carbocycles. The van der Waals surface area contributed by atoms with E-state index in [2.05, 4.69) is 17.1 Å². The Kier molecular flexibility index (Phi) is 4.22. The third-order valence-electron chi connectivity index (χ3n) is 4.10. The van der Waals surface area contributed by atoms with Crippen molar-refractivity contribution in [2.45, 2.75) is 51.5 Å². The van der Waals surface area contributed by atoms with Crippen LogP contribution < -0.4 is 5.32 Å². The third kappa shape index (κ3) is 2.76. The van der Waals surface area contributed by atoms with Crippen molar-refractivity contribution >= 4 is 5.91 Å². The van der Waals surface area contributed by atoms with Gasteiger partial charge in [-0.3, -0.25) is 4.79 Å². The zero-order chi connectivity index (χ0) is 11.4. The molecule has 0 radical (unpaired) electrons. The number of hydrogen-bond acceptors (Lipinski definition) is 2. The maximum atomic E-state index is 12.1. The van der Waals surface area contributed by atoms with Crippen molar-refractivity contribution < 1.29 is 4.79 Å². The van der Waals surface area contributed by atoms with E-state index in [1.165, 1.54) is 19.3 Å². The van der Waals surface area contributed by atoms with Crippen molar-refractivity contribution in [1.29, 1.82) is 0 Å². The van der Waals surface area contributed by atoms with Gasteiger partial charge in [0.15, 0.2) is 0 Å². The summed E-state index contributed by atoms with van der Waals surface area (Å²) in [5, 5.41) is 3.36. The van der Waals surface area contributed by atoms with Crippen molar-refractivity contribution in [3.8, 4) is 0 Å². The summed E-state index contributed by atoms with van der Waals surface area (Å²) in [6.45, 7) is 5.45. The first-order valence-electron chi connectivity index (χ1n) is 6.81. The van der Waals surface area contributed by atoms with Gasteiger partial charge in [-0.1, -0.05) is 6.92 Å². The number of nitrogens with zero attached hydrogens (tertiary/aromatic N) is 1. The summed E-state index contributed by atoms with van der Waals surface area (Å²) >= 11 is 0. The van der Waals surface area contributed by atoms with Crippen LogP contribution in [0.2, 0.25) is 0 Å². The maximum absolute atomic E-state index is 12.1. The quantitative estimate of drug-likeness (QED) is 0.789. The number of carbonyl (C=O) groups is 1. The molecule has 2 fully saturated rings. The molecule has 1 amide bonds. The van der Waals surface area contributed by atoms with Crippen LogP contribution in [-0.4, -0.2) is 36.5 Å². The second kappa shape index (κ2) is 5.67. The van der Waals surface area contributed by atoms with Crippen molar-refractivity contribution in [2.24, 2.45) is 5.92 Å². The predicted octanol–water partition coefficient (Wildman–Crippen LogP) is 1.78. The van der Waals surface area contributed by atoms with Gasteiger partial charge in [0.05, 0.1) is 0 Å². The summed E-state index contributed by atoms with van der Waals surface area (Å²) in [5.41, 5.74) is 0. The fraction of sp³-hybridized carbons (Fsp3) is 0.923. The van der Waals surface area contributed by atoms with Gasteiger partial charge in [-0.15, -0.1) is 0 Å². The molecule has 16 heavy (non-hydrogen) atoms. The lowest BCUT2D eigenvalue weighted by Crippen LogP contribution is -2.35. The van der Waals surface area contributed by atoms with Gasteiger partial charge in [0.1, 0.15) is 0 Å². The van der Waals surface area contributed by atoms with E-state index in [0.29, 0.717) is 11.9 Å². The summed E-state index contributed by atoms with van der Waals surface area (Å²) < 4.78 is 0. The molecule has 0 aromatic rings. The van der Waals surface area contributed by atoms with Gasteiger partial charge in [0.25, 0.3) is 0 Å². The fourth-order valence-corrected chi connectivity index (χ4v) is 3.02. The fourth-order valence-electron chi connectivity index (χ4n) is 3.02. The Labute approximate surface area is 98.6 Å². The number of nitrogens with one attached hydrogen (secondary N) is 1. The molecule has 2 heterocycles. The largest absolute Gasteiger partial charge is 0.340 e. The van der Waals surface area contributed by atoms with Gasteiger partial charge in [-0.05, 0) is 51.1 Å². The molecule has 2 unspecified atom stereocenters. The molecule has 0 aromatic heterocycles. The number of hydrogen-bond donors (Lipinski definition) is 1. The minimum Gasteiger partial charge on any atom is -0.340 e. The van der Waals surface area contributed by atoms with Crippen LogP contribution in [0.1, 0.15) is 45.4 Å². The Balaban J connectivity index is 1.74. The number of likely N-dealkylation sites (tertiary alicyclic amines) is 1. The molecule has 2 aliphatic heterocycles. The lowest BCUT2D eigenvalue weighted by Gasteiger charge is -2.24. The molecule has 2 rings (SSSR count). The highest BCUT2D eigenvalue weighted by Crippen LogP contribution is 2.22. The van der Waals surface area contributed by atoms with Crippen LogP contribution in [0, 0.1) is 5.92 Å². The molecule has 0 bridgehead atoms. The number of carbonyl (C=O) groups excluding carboxylic acids is 1. The SMILES string of the molecule is CCC1CCCN1C(=O)CCC1CCNC1. The van der Waals surface area contributed by atoms with Gasteiger partial charge >= 0.3 is 0 Å². The standard InChI is InChI=1S/C13H24N2O/c1-2-12-4-3-9-15(12)13(16)6-5-11-7-8-14-10-11/h11-12,14H,2-10H2,1H3. The third-order valence-corrected chi connectivity index (χ3v) is 4.10. The lowest BCUT2D eigenvalue weighted by molar-refractivity contribution is -0.132. The highest BCUT2D eigenvalue weighted by atomic mass is 16.2. The van der Waals surface area contributed by atoms with Crippen LogP contribution in [0.15, 0.2) is 0 Å². The molecule has 1 N–H and O–H groups in total. The second-order valence-electron chi connectivity index (χ2n) is 5.19. The molecule has 3 heteroatoms. The molecule has 2 atom stereocenters. The average molecular weight is 224 g/mol. The summed E-state index contributed by atoms with van der Waals surface area (Å²) in [6, 6.07) is 0.536. The number of rotatable bonds is 4. The molecule has 2 saturated heterocycles. The maximum Gasteiger partial charge on any atom is 0.222 e. The molecule has 0 aromatic carbocycles. The highest BCUT2D eigenvalue weighted by molar-refractivity contribution is 5.76. The van der Waals surface area contributed by atoms with Crippen LogP contribution in [-0.2, 0) is 4.79 Å². The van der Waals surface area contributed by atoms with E-state index in [0.717, 1.165) is 44.8 Å². The zero-order valence-electron chi connectivity index (χ0n) is 10.4. The Morgan fingerprint density at radius 2 is 2.31 bits per heavy atom. The Hall–Kier alpha value is -0.570. The van der Waals surface area contributed by atoms with Gasteiger partial charge in [0, 0.05) is 19.0 Å². The van der Waals surface area contributed by atoms with E-state index >= 15 is 0 Å². The summed E-state index contributed by atoms with van der Waals surface area (Å²) in [6.07, 6.45) is 6.64. The molecular formula is C13H24N2O. The molecular weight excluding hydrogens is 200 g/mol. The highest BCUT2D eigenvalue weighted by Gasteiger charge is 2.27. The van der Waals surface area contributed by atoms with E-state index in [-0.39, 0.29) is 0 Å². The van der Waals surface area contributed by atoms with Crippen molar-refractivity contribution in [3.63, 3.8) is 0 Å². The predicted molar refractivity (Wildman–Crippen MR) is 65.2 cm³/mol. The molecule has 3 nitrogen and oxygen atoms in total. The van der Waals surface area contributed by atoms with Gasteiger partial charge in [-0.25, -0.2) is 0 Å². The van der Waals surface area contributed by atoms with Crippen LogP contribution >= 0.6 is 0 Å². The first-order chi connectivity index (χ1) is 7.81. The Morgan fingerprint density at radius 1 is 1.44 bits per heavy atom. The smallest absolute Gasteiger partial charge is 0.222 e. The van der Waals surface area contributed by atoms with E-state index in [9.17, 15) is 4.79 Å². The van der Waals surface area contributed by atoms with Crippen molar-refractivity contribution in [1.82, 2.24) is 10.2 Å². The van der Waals surface area contributed by atoms with E-state index in [1.54, 1.807) is 0 Å². The summed E-state index contributed by atoms with van der Waals surface area (Å²) in [5.74, 6) is 1.14. The molecule has 0 spiro atoms. The monoisotopic (exact) mass is 224 g/mol. The topological polar surface area (TPSA) is 32.3 Å². The van der Waals surface area contributed by atoms with Gasteiger partial charge in [-0.2, -0.15) is 0 Å².